The highest BCUT2D eigenvalue weighted by molar-refractivity contribution is 5.84. The van der Waals surface area contributed by atoms with Crippen LogP contribution in [0.4, 0.5) is 0 Å². The summed E-state index contributed by atoms with van der Waals surface area (Å²) in [5, 5.41) is 0. The van der Waals surface area contributed by atoms with Crippen LogP contribution in [0, 0.1) is 5.92 Å². The van der Waals surface area contributed by atoms with E-state index in [9.17, 15) is 14.4 Å². The Morgan fingerprint density at radius 1 is 1.13 bits per heavy atom. The molecule has 1 aromatic rings. The number of nitrogens with zero attached hydrogens (tertiary/aromatic N) is 1. The van der Waals surface area contributed by atoms with Crippen LogP contribution in [-0.4, -0.2) is 41.4 Å². The van der Waals surface area contributed by atoms with Gasteiger partial charge in [0.15, 0.2) is 0 Å². The highest BCUT2D eigenvalue weighted by Gasteiger charge is 2.34. The molecule has 0 saturated carbocycles. The van der Waals surface area contributed by atoms with Crippen molar-refractivity contribution in [2.75, 3.05) is 7.05 Å². The predicted octanol–water partition coefficient (Wildman–Crippen LogP) is 4.43. The third kappa shape index (κ3) is 7.15. The van der Waals surface area contributed by atoms with Crippen LogP contribution in [0.15, 0.2) is 30.3 Å². The SMILES string of the molecule is C[C@H]1[C@@H](c2ccccc2)OC(=O)CCCCC[C@@H](CC(=O)OC(C)(C)C)C(=O)N1C. The van der Waals surface area contributed by atoms with Crippen molar-refractivity contribution in [3.8, 4) is 0 Å². The number of likely N-dealkylation sites (N-methyl/N-ethyl adjacent to an activating group) is 1. The van der Waals surface area contributed by atoms with Gasteiger partial charge in [0.25, 0.3) is 0 Å². The Labute approximate surface area is 179 Å². The molecule has 6 nitrogen and oxygen atoms in total. The van der Waals surface area contributed by atoms with Crippen LogP contribution in [0.3, 0.4) is 0 Å². The Morgan fingerprint density at radius 3 is 2.43 bits per heavy atom. The molecule has 0 spiro atoms. The maximum Gasteiger partial charge on any atom is 0.307 e. The number of amides is 1. The maximum atomic E-state index is 13.3. The largest absolute Gasteiger partial charge is 0.460 e. The van der Waals surface area contributed by atoms with Crippen molar-refractivity contribution in [3.63, 3.8) is 0 Å². The minimum Gasteiger partial charge on any atom is -0.460 e. The fourth-order valence-electron chi connectivity index (χ4n) is 3.71. The number of esters is 2. The van der Waals surface area contributed by atoms with E-state index in [1.54, 1.807) is 11.9 Å². The molecule has 0 aromatic heterocycles. The zero-order chi connectivity index (χ0) is 22.3. The molecule has 1 aromatic carbocycles. The average molecular weight is 418 g/mol. The summed E-state index contributed by atoms with van der Waals surface area (Å²) in [5.74, 6) is -1.17. The van der Waals surface area contributed by atoms with E-state index in [1.165, 1.54) is 0 Å². The van der Waals surface area contributed by atoms with Gasteiger partial charge >= 0.3 is 11.9 Å². The monoisotopic (exact) mass is 417 g/mol. The van der Waals surface area contributed by atoms with Crippen LogP contribution in [0.1, 0.15) is 77.9 Å². The molecule has 1 fully saturated rings. The van der Waals surface area contributed by atoms with Crippen LogP contribution in [0.25, 0.3) is 0 Å². The molecule has 1 heterocycles. The van der Waals surface area contributed by atoms with Crippen molar-refractivity contribution in [1.29, 1.82) is 0 Å². The Morgan fingerprint density at radius 2 is 1.80 bits per heavy atom. The molecule has 0 unspecified atom stereocenters. The van der Waals surface area contributed by atoms with Crippen LogP contribution in [0.2, 0.25) is 0 Å². The van der Waals surface area contributed by atoms with E-state index in [0.29, 0.717) is 19.3 Å². The second kappa shape index (κ2) is 10.6. The second-order valence-corrected chi connectivity index (χ2v) is 9.10. The number of hydrogen-bond donors (Lipinski definition) is 0. The molecule has 0 radical (unpaired) electrons. The van der Waals surface area contributed by atoms with Gasteiger partial charge in [0, 0.05) is 19.4 Å². The van der Waals surface area contributed by atoms with Gasteiger partial charge in [0.05, 0.1) is 12.5 Å². The van der Waals surface area contributed by atoms with Crippen LogP contribution in [0.5, 0.6) is 0 Å². The molecule has 1 saturated heterocycles. The first-order valence-corrected chi connectivity index (χ1v) is 10.8. The summed E-state index contributed by atoms with van der Waals surface area (Å²) in [6.07, 6.45) is 2.74. The lowest BCUT2D eigenvalue weighted by Gasteiger charge is -2.34. The van der Waals surface area contributed by atoms with E-state index in [0.717, 1.165) is 18.4 Å². The Hall–Kier alpha value is -2.37. The van der Waals surface area contributed by atoms with Crippen molar-refractivity contribution in [2.45, 2.75) is 84.0 Å². The first-order chi connectivity index (χ1) is 14.1. The summed E-state index contributed by atoms with van der Waals surface area (Å²) >= 11 is 0. The van der Waals surface area contributed by atoms with Gasteiger partial charge in [-0.3, -0.25) is 14.4 Å². The van der Waals surface area contributed by atoms with E-state index >= 15 is 0 Å². The smallest absolute Gasteiger partial charge is 0.307 e. The van der Waals surface area contributed by atoms with Crippen LogP contribution < -0.4 is 0 Å². The Bertz CT molecular complexity index is 725. The quantitative estimate of drug-likeness (QED) is 0.680. The zero-order valence-corrected chi connectivity index (χ0v) is 18.8. The molecule has 2 rings (SSSR count). The molecule has 1 aliphatic heterocycles. The minimum atomic E-state index is -0.586. The third-order valence-electron chi connectivity index (χ3n) is 5.40. The second-order valence-electron chi connectivity index (χ2n) is 9.10. The molecular formula is C24H35NO5. The molecule has 0 aliphatic carbocycles. The van der Waals surface area contributed by atoms with Gasteiger partial charge in [-0.15, -0.1) is 0 Å². The number of carbonyl (C=O) groups excluding carboxylic acids is 3. The first-order valence-electron chi connectivity index (χ1n) is 10.8. The molecule has 6 heteroatoms. The Kier molecular flexibility index (Phi) is 8.44. The summed E-state index contributed by atoms with van der Waals surface area (Å²) < 4.78 is 11.2. The minimum absolute atomic E-state index is 0.0585. The van der Waals surface area contributed by atoms with Gasteiger partial charge in [0.2, 0.25) is 5.91 Å². The van der Waals surface area contributed by atoms with E-state index in [4.69, 9.17) is 9.47 Å². The van der Waals surface area contributed by atoms with E-state index < -0.39 is 17.6 Å². The van der Waals surface area contributed by atoms with Gasteiger partial charge in [-0.1, -0.05) is 43.2 Å². The number of rotatable bonds is 3. The summed E-state index contributed by atoms with van der Waals surface area (Å²) in [7, 11) is 1.71. The lowest BCUT2D eigenvalue weighted by molar-refractivity contribution is -0.160. The predicted molar refractivity (Wildman–Crippen MR) is 115 cm³/mol. The van der Waals surface area contributed by atoms with E-state index in [2.05, 4.69) is 0 Å². The fourth-order valence-corrected chi connectivity index (χ4v) is 3.71. The molecule has 0 N–H and O–H groups in total. The highest BCUT2D eigenvalue weighted by Crippen LogP contribution is 2.29. The Balaban J connectivity index is 2.25. The van der Waals surface area contributed by atoms with Crippen molar-refractivity contribution in [1.82, 2.24) is 4.90 Å². The van der Waals surface area contributed by atoms with Crippen molar-refractivity contribution in [3.05, 3.63) is 35.9 Å². The van der Waals surface area contributed by atoms with Gasteiger partial charge < -0.3 is 14.4 Å². The van der Waals surface area contributed by atoms with Crippen molar-refractivity contribution in [2.24, 2.45) is 5.92 Å². The van der Waals surface area contributed by atoms with Crippen molar-refractivity contribution < 1.29 is 23.9 Å². The molecule has 1 amide bonds. The number of carbonyl (C=O) groups is 3. The summed E-state index contributed by atoms with van der Waals surface area (Å²) in [6.45, 7) is 7.33. The third-order valence-corrected chi connectivity index (χ3v) is 5.40. The van der Waals surface area contributed by atoms with Gasteiger partial charge in [-0.05, 0) is 46.1 Å². The standard InChI is InChI=1S/C24H35NO5/c1-17-22(18-12-8-6-9-13-18)29-20(26)15-11-7-10-14-19(23(28)25(17)5)16-21(27)30-24(2,3)4/h6,8-9,12-13,17,19,22H,7,10-11,14-16H2,1-5H3/t17-,19-,22-/m0/s1. The molecule has 1 aliphatic rings. The number of benzene rings is 1. The number of ether oxygens (including phenoxy) is 2. The molecule has 3 atom stereocenters. The lowest BCUT2D eigenvalue weighted by Crippen LogP contribution is -2.44. The zero-order valence-electron chi connectivity index (χ0n) is 18.8. The first kappa shape index (κ1) is 23.9. The van der Waals surface area contributed by atoms with Crippen molar-refractivity contribution >= 4 is 17.8 Å². The van der Waals surface area contributed by atoms with Gasteiger partial charge in [0.1, 0.15) is 11.7 Å². The summed E-state index contributed by atoms with van der Waals surface area (Å²) in [6, 6.07) is 9.10. The molecule has 0 bridgehead atoms. The summed E-state index contributed by atoms with van der Waals surface area (Å²) in [5.41, 5.74) is 0.260. The van der Waals surface area contributed by atoms with Gasteiger partial charge in [-0.2, -0.15) is 0 Å². The average Bonchev–Trinajstić information content (AvgIpc) is 2.68. The van der Waals surface area contributed by atoms with Gasteiger partial charge in [-0.25, -0.2) is 0 Å². The molecule has 166 valence electrons. The van der Waals surface area contributed by atoms with Crippen LogP contribution in [-0.2, 0) is 23.9 Å². The topological polar surface area (TPSA) is 72.9 Å². The number of cyclic esters (lactones) is 1. The van der Waals surface area contributed by atoms with Crippen LogP contribution >= 0.6 is 0 Å². The van der Waals surface area contributed by atoms with E-state index in [-0.39, 0.29) is 30.3 Å². The van der Waals surface area contributed by atoms with E-state index in [1.807, 2.05) is 58.0 Å². The molecule has 30 heavy (non-hydrogen) atoms. The summed E-state index contributed by atoms with van der Waals surface area (Å²) in [4.78, 5) is 39.7. The number of hydrogen-bond acceptors (Lipinski definition) is 5. The highest BCUT2D eigenvalue weighted by atomic mass is 16.6. The lowest BCUT2D eigenvalue weighted by atomic mass is 9.93. The maximum absolute atomic E-state index is 13.3. The fraction of sp³-hybridized carbons (Fsp3) is 0.625. The normalized spacial score (nSPS) is 24.4. The molecular weight excluding hydrogens is 382 g/mol.